The first-order chi connectivity index (χ1) is 11.7. The highest BCUT2D eigenvalue weighted by Crippen LogP contribution is 2.14. The number of urea groups is 1. The molecule has 0 spiro atoms. The molecule has 0 aliphatic heterocycles. The molecule has 3 aromatic heterocycles. The third-order valence-electron chi connectivity index (χ3n) is 3.21. The van der Waals surface area contributed by atoms with Crippen molar-refractivity contribution in [2.45, 2.75) is 13.5 Å². The fourth-order valence-electron chi connectivity index (χ4n) is 2.07. The van der Waals surface area contributed by atoms with Gasteiger partial charge >= 0.3 is 6.03 Å². The molecule has 0 fully saturated rings. The third-order valence-corrected chi connectivity index (χ3v) is 3.21. The number of aromatic nitrogens is 4. The van der Waals surface area contributed by atoms with Crippen LogP contribution in [-0.2, 0) is 6.54 Å². The second kappa shape index (κ2) is 7.32. The molecule has 3 aromatic rings. The summed E-state index contributed by atoms with van der Waals surface area (Å²) in [5.41, 5.74) is 2.21. The Balaban J connectivity index is 1.74. The highest BCUT2D eigenvalue weighted by molar-refractivity contribution is 5.89. The van der Waals surface area contributed by atoms with Crippen LogP contribution in [0.4, 0.5) is 16.4 Å². The van der Waals surface area contributed by atoms with Gasteiger partial charge in [0.15, 0.2) is 5.65 Å². The SMILES string of the molecule is CCNC(=O)Nc1ccc2ncc(NCc3ccncc3)nc2n1. The van der Waals surface area contributed by atoms with Gasteiger partial charge in [-0.15, -0.1) is 0 Å². The van der Waals surface area contributed by atoms with Gasteiger partial charge in [-0.25, -0.2) is 19.7 Å². The van der Waals surface area contributed by atoms with E-state index in [9.17, 15) is 4.79 Å². The summed E-state index contributed by atoms with van der Waals surface area (Å²) in [4.78, 5) is 28.6. The molecule has 0 atom stereocenters. The highest BCUT2D eigenvalue weighted by Gasteiger charge is 2.05. The molecule has 24 heavy (non-hydrogen) atoms. The Morgan fingerprint density at radius 1 is 1.08 bits per heavy atom. The van der Waals surface area contributed by atoms with E-state index < -0.39 is 0 Å². The van der Waals surface area contributed by atoms with Gasteiger partial charge in [0, 0.05) is 25.5 Å². The summed E-state index contributed by atoms with van der Waals surface area (Å²) in [6.45, 7) is 3.00. The van der Waals surface area contributed by atoms with Crippen molar-refractivity contribution >= 4 is 28.8 Å². The molecule has 3 rings (SSSR count). The molecule has 8 heteroatoms. The van der Waals surface area contributed by atoms with E-state index in [1.54, 1.807) is 30.7 Å². The third kappa shape index (κ3) is 3.92. The van der Waals surface area contributed by atoms with Crippen molar-refractivity contribution in [3.63, 3.8) is 0 Å². The van der Waals surface area contributed by atoms with Crippen molar-refractivity contribution in [1.29, 1.82) is 0 Å². The summed E-state index contributed by atoms with van der Waals surface area (Å²) >= 11 is 0. The maximum absolute atomic E-state index is 11.6. The normalized spacial score (nSPS) is 10.4. The number of carbonyl (C=O) groups is 1. The number of anilines is 2. The van der Waals surface area contributed by atoms with Crippen molar-refractivity contribution in [1.82, 2.24) is 25.3 Å². The Morgan fingerprint density at radius 3 is 2.67 bits per heavy atom. The number of carbonyl (C=O) groups excluding carboxylic acids is 1. The maximum Gasteiger partial charge on any atom is 0.320 e. The molecule has 0 aliphatic rings. The molecule has 0 aliphatic carbocycles. The van der Waals surface area contributed by atoms with Crippen LogP contribution in [0, 0.1) is 0 Å². The fourth-order valence-corrected chi connectivity index (χ4v) is 2.07. The van der Waals surface area contributed by atoms with E-state index >= 15 is 0 Å². The Labute approximate surface area is 138 Å². The molecule has 122 valence electrons. The minimum atomic E-state index is -0.302. The van der Waals surface area contributed by atoms with Gasteiger partial charge in [-0.1, -0.05) is 0 Å². The second-order valence-corrected chi connectivity index (χ2v) is 4.99. The number of amides is 2. The molecule has 0 unspecified atom stereocenters. The van der Waals surface area contributed by atoms with Gasteiger partial charge in [0.25, 0.3) is 0 Å². The van der Waals surface area contributed by atoms with Crippen LogP contribution in [0.5, 0.6) is 0 Å². The van der Waals surface area contributed by atoms with Crippen molar-refractivity contribution < 1.29 is 4.79 Å². The number of hydrogen-bond acceptors (Lipinski definition) is 6. The zero-order valence-electron chi connectivity index (χ0n) is 13.2. The molecule has 0 bridgehead atoms. The summed E-state index contributed by atoms with van der Waals surface area (Å²) in [6.07, 6.45) is 5.13. The van der Waals surface area contributed by atoms with E-state index in [-0.39, 0.29) is 6.03 Å². The average molecular weight is 323 g/mol. The topological polar surface area (TPSA) is 105 Å². The van der Waals surface area contributed by atoms with Crippen LogP contribution in [0.15, 0.2) is 42.9 Å². The monoisotopic (exact) mass is 323 g/mol. The predicted octanol–water partition coefficient (Wildman–Crippen LogP) is 2.17. The smallest absolute Gasteiger partial charge is 0.320 e. The Hall–Kier alpha value is -3.29. The van der Waals surface area contributed by atoms with Crippen LogP contribution < -0.4 is 16.0 Å². The Kier molecular flexibility index (Phi) is 4.76. The quantitative estimate of drug-likeness (QED) is 0.664. The van der Waals surface area contributed by atoms with Gasteiger partial charge in [-0.05, 0) is 36.8 Å². The van der Waals surface area contributed by atoms with Gasteiger partial charge in [-0.3, -0.25) is 10.3 Å². The lowest BCUT2D eigenvalue weighted by Crippen LogP contribution is -2.28. The first-order valence-corrected chi connectivity index (χ1v) is 7.56. The lowest BCUT2D eigenvalue weighted by Gasteiger charge is -2.08. The van der Waals surface area contributed by atoms with Crippen LogP contribution in [-0.4, -0.2) is 32.5 Å². The molecular formula is C16H17N7O. The zero-order chi connectivity index (χ0) is 16.8. The molecule has 8 nitrogen and oxygen atoms in total. The largest absolute Gasteiger partial charge is 0.365 e. The van der Waals surface area contributed by atoms with E-state index in [0.29, 0.717) is 35.9 Å². The summed E-state index contributed by atoms with van der Waals surface area (Å²) in [6, 6.07) is 7.01. The molecule has 0 saturated carbocycles. The van der Waals surface area contributed by atoms with E-state index in [1.165, 1.54) is 0 Å². The first-order valence-electron chi connectivity index (χ1n) is 7.56. The molecule has 0 aromatic carbocycles. The lowest BCUT2D eigenvalue weighted by atomic mass is 10.3. The average Bonchev–Trinajstić information content (AvgIpc) is 2.60. The number of rotatable bonds is 5. The molecule has 0 saturated heterocycles. The van der Waals surface area contributed by atoms with Crippen LogP contribution in [0.25, 0.3) is 11.2 Å². The summed E-state index contributed by atoms with van der Waals surface area (Å²) in [5.74, 6) is 1.04. The molecule has 2 amide bonds. The van der Waals surface area contributed by atoms with Crippen molar-refractivity contribution in [2.75, 3.05) is 17.2 Å². The Bertz CT molecular complexity index is 838. The fraction of sp³-hybridized carbons (Fsp3) is 0.188. The van der Waals surface area contributed by atoms with Crippen LogP contribution >= 0.6 is 0 Å². The molecule has 3 heterocycles. The van der Waals surface area contributed by atoms with E-state index in [1.807, 2.05) is 19.1 Å². The number of nitrogens with one attached hydrogen (secondary N) is 3. The van der Waals surface area contributed by atoms with E-state index in [0.717, 1.165) is 5.56 Å². The summed E-state index contributed by atoms with van der Waals surface area (Å²) in [7, 11) is 0. The summed E-state index contributed by atoms with van der Waals surface area (Å²) in [5, 5.41) is 8.50. The van der Waals surface area contributed by atoms with Gasteiger partial charge < -0.3 is 10.6 Å². The molecule has 0 radical (unpaired) electrons. The number of fused-ring (bicyclic) bond motifs is 1. The van der Waals surface area contributed by atoms with E-state index in [2.05, 4.69) is 35.9 Å². The minimum absolute atomic E-state index is 0.302. The van der Waals surface area contributed by atoms with E-state index in [4.69, 9.17) is 0 Å². The summed E-state index contributed by atoms with van der Waals surface area (Å²) < 4.78 is 0. The maximum atomic E-state index is 11.6. The van der Waals surface area contributed by atoms with Crippen molar-refractivity contribution in [3.05, 3.63) is 48.4 Å². The van der Waals surface area contributed by atoms with Gasteiger partial charge in [-0.2, -0.15) is 0 Å². The van der Waals surface area contributed by atoms with Crippen LogP contribution in [0.3, 0.4) is 0 Å². The standard InChI is InChI=1S/C16H17N7O/c1-2-18-16(24)23-13-4-3-12-15(21-13)22-14(10-19-12)20-9-11-5-7-17-8-6-11/h3-8,10H,2,9H2,1H3,(H3,18,20,21,22,23,24). The Morgan fingerprint density at radius 2 is 1.88 bits per heavy atom. The van der Waals surface area contributed by atoms with Crippen molar-refractivity contribution in [3.8, 4) is 0 Å². The van der Waals surface area contributed by atoms with Gasteiger partial charge in [0.2, 0.25) is 0 Å². The zero-order valence-corrected chi connectivity index (χ0v) is 13.2. The number of pyridine rings is 2. The number of nitrogens with zero attached hydrogens (tertiary/aromatic N) is 4. The first kappa shape index (κ1) is 15.6. The minimum Gasteiger partial charge on any atom is -0.365 e. The van der Waals surface area contributed by atoms with Gasteiger partial charge in [0.1, 0.15) is 17.2 Å². The second-order valence-electron chi connectivity index (χ2n) is 4.99. The van der Waals surface area contributed by atoms with Crippen LogP contribution in [0.2, 0.25) is 0 Å². The van der Waals surface area contributed by atoms with Gasteiger partial charge in [0.05, 0.1) is 6.20 Å². The molecular weight excluding hydrogens is 306 g/mol. The lowest BCUT2D eigenvalue weighted by molar-refractivity contribution is 0.252. The molecule has 3 N–H and O–H groups in total. The predicted molar refractivity (Wildman–Crippen MR) is 91.6 cm³/mol. The highest BCUT2D eigenvalue weighted by atomic mass is 16.2. The van der Waals surface area contributed by atoms with Crippen molar-refractivity contribution in [2.24, 2.45) is 0 Å². The number of hydrogen-bond donors (Lipinski definition) is 3. The van der Waals surface area contributed by atoms with Crippen LogP contribution in [0.1, 0.15) is 12.5 Å².